The van der Waals surface area contributed by atoms with Gasteiger partial charge in [-0.3, -0.25) is 15.5 Å². The number of rotatable bonds is 9. The second-order valence-electron chi connectivity index (χ2n) is 5.89. The molecule has 0 saturated carbocycles. The normalized spacial score (nSPS) is 11.1. The Morgan fingerprint density at radius 2 is 2.18 bits per heavy atom. The Labute approximate surface area is 166 Å². The van der Waals surface area contributed by atoms with E-state index in [1.165, 1.54) is 30.7 Å². The first-order valence-electron chi connectivity index (χ1n) is 8.76. The van der Waals surface area contributed by atoms with Crippen molar-refractivity contribution < 1.29 is 14.4 Å². The van der Waals surface area contributed by atoms with Crippen molar-refractivity contribution >= 4 is 38.6 Å². The first-order chi connectivity index (χ1) is 13.6. The molecule has 0 aliphatic rings. The molecule has 3 aromatic rings. The summed E-state index contributed by atoms with van der Waals surface area (Å²) in [4.78, 5) is 15.4. The minimum atomic E-state index is -0.484. The molecular formula is C19H20N4O4S. The number of nitrogens with zero attached hydrogens (tertiary/aromatic N) is 3. The van der Waals surface area contributed by atoms with Gasteiger partial charge < -0.3 is 9.47 Å². The van der Waals surface area contributed by atoms with E-state index in [9.17, 15) is 10.1 Å². The highest BCUT2D eigenvalue weighted by atomic mass is 32.1. The summed E-state index contributed by atoms with van der Waals surface area (Å²) in [5, 5.41) is 16.3. The van der Waals surface area contributed by atoms with Crippen LogP contribution in [0.1, 0.15) is 25.3 Å². The van der Waals surface area contributed by atoms with Crippen LogP contribution >= 0.6 is 11.3 Å². The molecule has 146 valence electrons. The molecule has 0 aliphatic carbocycles. The number of ether oxygens (including phenoxy) is 2. The number of nitro benzene ring substituents is 1. The summed E-state index contributed by atoms with van der Waals surface area (Å²) in [5.41, 5.74) is 4.10. The second kappa shape index (κ2) is 9.14. The lowest BCUT2D eigenvalue weighted by molar-refractivity contribution is -0.386. The predicted octanol–water partition coefficient (Wildman–Crippen LogP) is 4.84. The maximum Gasteiger partial charge on any atom is 0.315 e. The molecule has 28 heavy (non-hydrogen) atoms. The highest BCUT2D eigenvalue weighted by Crippen LogP contribution is 2.38. The lowest BCUT2D eigenvalue weighted by Gasteiger charge is -2.11. The number of nitro groups is 1. The first-order valence-corrected chi connectivity index (χ1v) is 9.58. The first kappa shape index (κ1) is 19.6. The number of hydrogen-bond donors (Lipinski definition) is 1. The number of hydrazone groups is 1. The average molecular weight is 400 g/mol. The summed E-state index contributed by atoms with van der Waals surface area (Å²) in [7, 11) is 1.45. The molecule has 0 fully saturated rings. The van der Waals surface area contributed by atoms with Gasteiger partial charge in [-0.1, -0.05) is 36.8 Å². The van der Waals surface area contributed by atoms with Crippen LogP contribution in [0.4, 0.5) is 10.8 Å². The van der Waals surface area contributed by atoms with Crippen LogP contribution in [0.3, 0.4) is 0 Å². The second-order valence-corrected chi connectivity index (χ2v) is 6.92. The molecule has 0 aliphatic heterocycles. The maximum absolute atomic E-state index is 11.5. The molecule has 0 radical (unpaired) electrons. The largest absolute Gasteiger partial charge is 0.493 e. The molecule has 9 heteroatoms. The van der Waals surface area contributed by atoms with Crippen LogP contribution in [0.15, 0.2) is 41.5 Å². The number of nitrogens with one attached hydrogen (secondary N) is 1. The molecule has 0 amide bonds. The third kappa shape index (κ3) is 4.55. The van der Waals surface area contributed by atoms with Crippen molar-refractivity contribution in [1.29, 1.82) is 0 Å². The van der Waals surface area contributed by atoms with Crippen LogP contribution in [0, 0.1) is 10.1 Å². The van der Waals surface area contributed by atoms with Crippen molar-refractivity contribution in [2.75, 3.05) is 19.1 Å². The van der Waals surface area contributed by atoms with Gasteiger partial charge in [0.05, 0.1) is 35.1 Å². The lowest BCUT2D eigenvalue weighted by atomic mass is 10.2. The Bertz CT molecular complexity index is 970. The fourth-order valence-electron chi connectivity index (χ4n) is 2.52. The summed E-state index contributed by atoms with van der Waals surface area (Å²) in [5.74, 6) is 0.434. The summed E-state index contributed by atoms with van der Waals surface area (Å²) < 4.78 is 11.9. The van der Waals surface area contributed by atoms with Crippen LogP contribution in [0.25, 0.3) is 10.2 Å². The Kier molecular flexibility index (Phi) is 6.38. The van der Waals surface area contributed by atoms with E-state index in [2.05, 4.69) is 15.5 Å². The maximum atomic E-state index is 11.5. The smallest absolute Gasteiger partial charge is 0.315 e. The Balaban J connectivity index is 1.81. The number of para-hydroxylation sites is 1. The Morgan fingerprint density at radius 1 is 1.36 bits per heavy atom. The number of unbranched alkanes of at least 4 members (excludes halogenated alkanes) is 1. The van der Waals surface area contributed by atoms with Crippen molar-refractivity contribution in [2.24, 2.45) is 5.10 Å². The SMILES string of the molecule is CCCCOc1c(OC)cc(/C=N\Nc2nc3ccccc3s2)cc1[N+](=O)[O-]. The van der Waals surface area contributed by atoms with Crippen molar-refractivity contribution in [2.45, 2.75) is 19.8 Å². The molecule has 0 atom stereocenters. The standard InChI is InChI=1S/C19H20N4O4S/c1-3-4-9-27-18-15(23(24)25)10-13(11-16(18)26-2)12-20-22-19-21-14-7-5-6-8-17(14)28-19/h5-8,10-12H,3-4,9H2,1-2H3,(H,21,22)/b20-12-. The van der Waals surface area contributed by atoms with Crippen LogP contribution in [0.2, 0.25) is 0 Å². The molecule has 0 bridgehead atoms. The topological polar surface area (TPSA) is 98.9 Å². The number of aromatic nitrogens is 1. The van der Waals surface area contributed by atoms with Gasteiger partial charge in [-0.05, 0) is 24.6 Å². The summed E-state index contributed by atoms with van der Waals surface area (Å²) in [6, 6.07) is 10.8. The fourth-order valence-corrected chi connectivity index (χ4v) is 3.33. The van der Waals surface area contributed by atoms with Crippen LogP contribution in [0.5, 0.6) is 11.5 Å². The van der Waals surface area contributed by atoms with E-state index in [4.69, 9.17) is 9.47 Å². The number of thiazole rings is 1. The fraction of sp³-hybridized carbons (Fsp3) is 0.263. The molecule has 0 spiro atoms. The molecule has 3 rings (SSSR count). The van der Waals surface area contributed by atoms with Gasteiger partial charge in [0.2, 0.25) is 10.9 Å². The van der Waals surface area contributed by atoms with E-state index >= 15 is 0 Å². The van der Waals surface area contributed by atoms with E-state index in [0.717, 1.165) is 23.1 Å². The molecule has 2 aromatic carbocycles. The molecule has 1 aromatic heterocycles. The number of benzene rings is 2. The number of anilines is 1. The van der Waals surface area contributed by atoms with Crippen LogP contribution in [-0.4, -0.2) is 29.8 Å². The zero-order chi connectivity index (χ0) is 19.9. The van der Waals surface area contributed by atoms with Gasteiger partial charge >= 0.3 is 5.69 Å². The van der Waals surface area contributed by atoms with E-state index in [1.807, 2.05) is 31.2 Å². The third-order valence-corrected chi connectivity index (χ3v) is 4.83. The molecular weight excluding hydrogens is 380 g/mol. The zero-order valence-electron chi connectivity index (χ0n) is 15.5. The van der Waals surface area contributed by atoms with Gasteiger partial charge in [-0.15, -0.1) is 0 Å². The van der Waals surface area contributed by atoms with Gasteiger partial charge in [-0.25, -0.2) is 4.98 Å². The number of hydrogen-bond acceptors (Lipinski definition) is 8. The minimum absolute atomic E-state index is 0.136. The molecule has 1 N–H and O–H groups in total. The van der Waals surface area contributed by atoms with Crippen molar-refractivity contribution in [3.8, 4) is 11.5 Å². The Hall–Kier alpha value is -3.20. The zero-order valence-corrected chi connectivity index (χ0v) is 16.4. The average Bonchev–Trinajstić information content (AvgIpc) is 3.11. The third-order valence-electron chi connectivity index (χ3n) is 3.89. The highest BCUT2D eigenvalue weighted by Gasteiger charge is 2.22. The van der Waals surface area contributed by atoms with Gasteiger partial charge in [0.25, 0.3) is 0 Å². The van der Waals surface area contributed by atoms with Crippen molar-refractivity contribution in [3.05, 3.63) is 52.1 Å². The monoisotopic (exact) mass is 400 g/mol. The van der Waals surface area contributed by atoms with Crippen molar-refractivity contribution in [3.63, 3.8) is 0 Å². The van der Waals surface area contributed by atoms with Gasteiger partial charge in [-0.2, -0.15) is 5.10 Å². The minimum Gasteiger partial charge on any atom is -0.493 e. The van der Waals surface area contributed by atoms with E-state index in [1.54, 1.807) is 6.07 Å². The van der Waals surface area contributed by atoms with E-state index in [0.29, 0.717) is 23.1 Å². The van der Waals surface area contributed by atoms with Crippen molar-refractivity contribution in [1.82, 2.24) is 4.98 Å². The van der Waals surface area contributed by atoms with Gasteiger partial charge in [0.1, 0.15) is 0 Å². The van der Waals surface area contributed by atoms with E-state index in [-0.39, 0.29) is 11.4 Å². The highest BCUT2D eigenvalue weighted by molar-refractivity contribution is 7.22. The summed E-state index contributed by atoms with van der Waals surface area (Å²) in [6.45, 7) is 2.41. The number of methoxy groups -OCH3 is 1. The van der Waals surface area contributed by atoms with Crippen LogP contribution < -0.4 is 14.9 Å². The quantitative estimate of drug-likeness (QED) is 0.239. The van der Waals surface area contributed by atoms with Crippen LogP contribution in [-0.2, 0) is 0 Å². The molecule has 0 unspecified atom stereocenters. The lowest BCUT2D eigenvalue weighted by Crippen LogP contribution is -2.03. The summed E-state index contributed by atoms with van der Waals surface area (Å²) in [6.07, 6.45) is 3.21. The number of fused-ring (bicyclic) bond motifs is 1. The molecule has 0 saturated heterocycles. The van der Waals surface area contributed by atoms with E-state index < -0.39 is 4.92 Å². The predicted molar refractivity (Wildman–Crippen MR) is 111 cm³/mol. The molecule has 1 heterocycles. The van der Waals surface area contributed by atoms with Gasteiger partial charge in [0, 0.05) is 11.6 Å². The Morgan fingerprint density at radius 3 is 2.89 bits per heavy atom. The summed E-state index contributed by atoms with van der Waals surface area (Å²) >= 11 is 1.47. The van der Waals surface area contributed by atoms with Gasteiger partial charge in [0.15, 0.2) is 5.75 Å². The molecule has 8 nitrogen and oxygen atoms in total.